The number of hydrogen-bond acceptors (Lipinski definition) is 2. The predicted octanol–water partition coefficient (Wildman–Crippen LogP) is 2.06. The third-order valence-corrected chi connectivity index (χ3v) is 3.41. The van der Waals surface area contributed by atoms with Crippen molar-refractivity contribution in [3.63, 3.8) is 0 Å². The molecule has 1 aromatic rings. The minimum atomic E-state index is 0.331. The highest BCUT2D eigenvalue weighted by Gasteiger charge is 2.25. The summed E-state index contributed by atoms with van der Waals surface area (Å²) < 4.78 is 0. The van der Waals surface area contributed by atoms with Crippen LogP contribution in [-0.4, -0.2) is 29.7 Å². The van der Waals surface area contributed by atoms with Gasteiger partial charge in [-0.2, -0.15) is 0 Å². The Labute approximate surface area is 91.5 Å². The predicted molar refractivity (Wildman–Crippen MR) is 61.6 cm³/mol. The van der Waals surface area contributed by atoms with Crippen LogP contribution in [0.2, 0.25) is 0 Å². The molecule has 2 atom stereocenters. The molecule has 0 unspecified atom stereocenters. The second kappa shape index (κ2) is 4.77. The summed E-state index contributed by atoms with van der Waals surface area (Å²) in [5, 5.41) is 9.11. The fraction of sp³-hybridized carbons (Fsp3) is 0.538. The van der Waals surface area contributed by atoms with Crippen molar-refractivity contribution in [2.24, 2.45) is 5.92 Å². The maximum Gasteiger partial charge on any atom is 0.0471 e. The minimum Gasteiger partial charge on any atom is -0.396 e. The lowest BCUT2D eigenvalue weighted by Crippen LogP contribution is -2.25. The molecule has 1 saturated heterocycles. The van der Waals surface area contributed by atoms with Crippen LogP contribution in [0.4, 0.5) is 0 Å². The van der Waals surface area contributed by atoms with Gasteiger partial charge in [0.05, 0.1) is 0 Å². The molecule has 1 N–H and O–H groups in total. The third kappa shape index (κ3) is 2.39. The van der Waals surface area contributed by atoms with E-state index in [1.807, 2.05) is 0 Å². The van der Waals surface area contributed by atoms with Crippen molar-refractivity contribution in [1.82, 2.24) is 4.90 Å². The molecule has 0 aliphatic carbocycles. The Kier molecular flexibility index (Phi) is 3.39. The van der Waals surface area contributed by atoms with Gasteiger partial charge in [0.2, 0.25) is 0 Å². The van der Waals surface area contributed by atoms with Crippen LogP contribution in [0.5, 0.6) is 0 Å². The number of hydrogen-bond donors (Lipinski definition) is 1. The topological polar surface area (TPSA) is 23.5 Å². The van der Waals surface area contributed by atoms with Crippen molar-refractivity contribution in [3.8, 4) is 0 Å². The van der Waals surface area contributed by atoms with Gasteiger partial charge in [-0.25, -0.2) is 0 Å². The van der Waals surface area contributed by atoms with E-state index in [-0.39, 0.29) is 0 Å². The SMILES string of the molecule is C[C@H](c1ccccc1)N1CC[C@H](CO)C1. The van der Waals surface area contributed by atoms with Crippen molar-refractivity contribution < 1.29 is 5.11 Å². The molecule has 0 spiro atoms. The molecular formula is C13H19NO. The summed E-state index contributed by atoms with van der Waals surface area (Å²) in [6.45, 7) is 4.72. The molecule has 1 fully saturated rings. The van der Waals surface area contributed by atoms with Gasteiger partial charge in [-0.1, -0.05) is 30.3 Å². The molecule has 1 heterocycles. The van der Waals surface area contributed by atoms with Gasteiger partial charge in [0.1, 0.15) is 0 Å². The van der Waals surface area contributed by atoms with Crippen LogP contribution in [0.15, 0.2) is 30.3 Å². The van der Waals surface area contributed by atoms with Crippen LogP contribution >= 0.6 is 0 Å². The van der Waals surface area contributed by atoms with E-state index in [0.717, 1.165) is 19.5 Å². The molecule has 2 heteroatoms. The first-order valence-corrected chi connectivity index (χ1v) is 5.71. The Morgan fingerprint density at radius 3 is 2.73 bits per heavy atom. The van der Waals surface area contributed by atoms with E-state index in [0.29, 0.717) is 18.6 Å². The summed E-state index contributed by atoms with van der Waals surface area (Å²) in [6, 6.07) is 11.1. The first kappa shape index (κ1) is 10.7. The first-order chi connectivity index (χ1) is 7.31. The zero-order chi connectivity index (χ0) is 10.7. The molecule has 82 valence electrons. The van der Waals surface area contributed by atoms with Gasteiger partial charge in [-0.15, -0.1) is 0 Å². The molecule has 2 nitrogen and oxygen atoms in total. The first-order valence-electron chi connectivity index (χ1n) is 5.71. The lowest BCUT2D eigenvalue weighted by atomic mass is 10.1. The van der Waals surface area contributed by atoms with E-state index in [4.69, 9.17) is 5.11 Å². The van der Waals surface area contributed by atoms with Crippen LogP contribution in [0.1, 0.15) is 24.9 Å². The Bertz CT molecular complexity index is 299. The van der Waals surface area contributed by atoms with Crippen molar-refractivity contribution >= 4 is 0 Å². The summed E-state index contributed by atoms with van der Waals surface area (Å²) in [7, 11) is 0. The van der Waals surface area contributed by atoms with E-state index in [9.17, 15) is 0 Å². The summed E-state index contributed by atoms with van der Waals surface area (Å²) in [5.41, 5.74) is 1.37. The molecule has 0 amide bonds. The summed E-state index contributed by atoms with van der Waals surface area (Å²) in [5.74, 6) is 0.483. The summed E-state index contributed by atoms with van der Waals surface area (Å²) >= 11 is 0. The maximum absolute atomic E-state index is 9.11. The number of rotatable bonds is 3. The van der Waals surface area contributed by atoms with Gasteiger partial charge in [-0.05, 0) is 31.4 Å². The van der Waals surface area contributed by atoms with Gasteiger partial charge in [-0.3, -0.25) is 4.90 Å². The molecule has 1 aliphatic heterocycles. The molecule has 0 saturated carbocycles. The van der Waals surface area contributed by atoms with Crippen molar-refractivity contribution in [2.45, 2.75) is 19.4 Å². The van der Waals surface area contributed by atoms with E-state index in [1.54, 1.807) is 0 Å². The summed E-state index contributed by atoms with van der Waals surface area (Å²) in [4.78, 5) is 2.45. The highest BCUT2D eigenvalue weighted by Crippen LogP contribution is 2.26. The van der Waals surface area contributed by atoms with Crippen molar-refractivity contribution in [1.29, 1.82) is 0 Å². The average Bonchev–Trinajstić information content (AvgIpc) is 2.78. The number of aliphatic hydroxyl groups is 1. The van der Waals surface area contributed by atoms with Crippen molar-refractivity contribution in [3.05, 3.63) is 35.9 Å². The zero-order valence-electron chi connectivity index (χ0n) is 9.26. The van der Waals surface area contributed by atoms with Crippen LogP contribution in [0.3, 0.4) is 0 Å². The smallest absolute Gasteiger partial charge is 0.0471 e. The quantitative estimate of drug-likeness (QED) is 0.816. The van der Waals surface area contributed by atoms with E-state index < -0.39 is 0 Å². The number of benzene rings is 1. The van der Waals surface area contributed by atoms with Gasteiger partial charge >= 0.3 is 0 Å². The number of aliphatic hydroxyl groups excluding tert-OH is 1. The van der Waals surface area contributed by atoms with Crippen LogP contribution in [0, 0.1) is 5.92 Å². The zero-order valence-corrected chi connectivity index (χ0v) is 9.26. The Morgan fingerprint density at radius 2 is 2.13 bits per heavy atom. The highest BCUT2D eigenvalue weighted by atomic mass is 16.3. The largest absolute Gasteiger partial charge is 0.396 e. The fourth-order valence-corrected chi connectivity index (χ4v) is 2.31. The molecule has 1 aliphatic rings. The maximum atomic E-state index is 9.11. The molecule has 0 bridgehead atoms. The van der Waals surface area contributed by atoms with E-state index in [2.05, 4.69) is 42.2 Å². The molecule has 2 rings (SSSR count). The normalized spacial score (nSPS) is 24.3. The molecule has 0 radical (unpaired) electrons. The lowest BCUT2D eigenvalue weighted by Gasteiger charge is -2.24. The lowest BCUT2D eigenvalue weighted by molar-refractivity contribution is 0.204. The van der Waals surface area contributed by atoms with Crippen molar-refractivity contribution in [2.75, 3.05) is 19.7 Å². The van der Waals surface area contributed by atoms with Crippen LogP contribution < -0.4 is 0 Å². The molecule has 0 aromatic heterocycles. The third-order valence-electron chi connectivity index (χ3n) is 3.41. The summed E-state index contributed by atoms with van der Waals surface area (Å²) in [6.07, 6.45) is 1.13. The number of likely N-dealkylation sites (tertiary alicyclic amines) is 1. The van der Waals surface area contributed by atoms with E-state index in [1.165, 1.54) is 5.56 Å². The van der Waals surface area contributed by atoms with Gasteiger partial charge in [0.25, 0.3) is 0 Å². The molecular weight excluding hydrogens is 186 g/mol. The molecule has 1 aromatic carbocycles. The fourth-order valence-electron chi connectivity index (χ4n) is 2.31. The van der Waals surface area contributed by atoms with Gasteiger partial charge in [0, 0.05) is 19.2 Å². The Hall–Kier alpha value is -0.860. The average molecular weight is 205 g/mol. The Morgan fingerprint density at radius 1 is 1.40 bits per heavy atom. The van der Waals surface area contributed by atoms with Crippen LogP contribution in [-0.2, 0) is 0 Å². The minimum absolute atomic E-state index is 0.331. The van der Waals surface area contributed by atoms with Gasteiger partial charge < -0.3 is 5.11 Å². The molecule has 15 heavy (non-hydrogen) atoms. The second-order valence-corrected chi connectivity index (χ2v) is 4.42. The monoisotopic (exact) mass is 205 g/mol. The number of nitrogens with zero attached hydrogens (tertiary/aromatic N) is 1. The van der Waals surface area contributed by atoms with Gasteiger partial charge in [0.15, 0.2) is 0 Å². The van der Waals surface area contributed by atoms with E-state index >= 15 is 0 Å². The van der Waals surface area contributed by atoms with Crippen LogP contribution in [0.25, 0.3) is 0 Å². The second-order valence-electron chi connectivity index (χ2n) is 4.42. The highest BCUT2D eigenvalue weighted by molar-refractivity contribution is 5.18. The Balaban J connectivity index is 2.00. The standard InChI is InChI=1S/C13H19NO/c1-11(13-5-3-2-4-6-13)14-8-7-12(9-14)10-15/h2-6,11-12,15H,7-10H2,1H3/t11-,12+/m1/s1.